The second-order valence-electron chi connectivity index (χ2n) is 10.7. The van der Waals surface area contributed by atoms with Gasteiger partial charge in [-0.2, -0.15) is 0 Å². The van der Waals surface area contributed by atoms with Gasteiger partial charge in [0, 0.05) is 32.1 Å². The number of amides is 8. The number of aliphatic imine (C=N–C) groups is 2. The van der Waals surface area contributed by atoms with Gasteiger partial charge in [0.05, 0.1) is 12.6 Å². The van der Waals surface area contributed by atoms with Crippen molar-refractivity contribution in [2.24, 2.45) is 38.7 Å². The smallest absolute Gasteiger partial charge is 0.312 e. The van der Waals surface area contributed by atoms with E-state index in [1.807, 2.05) is 0 Å². The summed E-state index contributed by atoms with van der Waals surface area (Å²) in [5.74, 6) is -5.15. The zero-order valence-electron chi connectivity index (χ0n) is 25.5. The minimum Gasteiger partial charge on any atom is -0.370 e. The Hall–Kier alpha value is -4.89. The summed E-state index contributed by atoms with van der Waals surface area (Å²) < 4.78 is 0. The van der Waals surface area contributed by atoms with E-state index in [1.165, 1.54) is 6.92 Å². The third-order valence-corrected chi connectivity index (χ3v) is 6.89. The van der Waals surface area contributed by atoms with Crippen molar-refractivity contribution in [2.45, 2.75) is 68.9 Å². The second-order valence-corrected chi connectivity index (χ2v) is 10.7. The molecule has 2 aliphatic heterocycles. The number of nitrogens with one attached hydrogen (secondary N) is 7. The topological polar surface area (TPSA) is 359 Å². The Labute approximate surface area is 264 Å². The number of nitrogens with two attached hydrogens (primary N) is 5. The molecule has 0 aromatic heterocycles. The number of rotatable bonds is 10. The van der Waals surface area contributed by atoms with E-state index in [0.717, 1.165) is 0 Å². The van der Waals surface area contributed by atoms with E-state index in [2.05, 4.69) is 47.2 Å². The molecule has 21 heteroatoms. The maximum absolute atomic E-state index is 13.4. The van der Waals surface area contributed by atoms with Gasteiger partial charge in [0.1, 0.15) is 29.9 Å². The zero-order valence-corrected chi connectivity index (χ0v) is 25.5. The molecule has 0 aromatic carbocycles. The molecule has 2 aliphatic rings. The summed E-state index contributed by atoms with van der Waals surface area (Å²) >= 11 is 0. The number of hydrogen-bond donors (Lipinski definition) is 12. The first kappa shape index (κ1) is 37.3. The fourth-order valence-corrected chi connectivity index (χ4v) is 4.31. The second kappa shape index (κ2) is 18.2. The van der Waals surface area contributed by atoms with Gasteiger partial charge in [0.25, 0.3) is 11.8 Å². The van der Waals surface area contributed by atoms with Crippen LogP contribution in [0.3, 0.4) is 0 Å². The van der Waals surface area contributed by atoms with Crippen LogP contribution in [0.5, 0.6) is 0 Å². The molecule has 8 amide bonds. The van der Waals surface area contributed by atoms with E-state index in [0.29, 0.717) is 19.4 Å². The minimum absolute atomic E-state index is 0.0101. The molecule has 0 unspecified atom stereocenters. The number of carbonyl (C=O) groups is 7. The highest BCUT2D eigenvalue weighted by atomic mass is 16.2. The molecule has 0 aromatic rings. The normalized spacial score (nSPS) is 25.7. The summed E-state index contributed by atoms with van der Waals surface area (Å²) in [4.78, 5) is 97.5. The van der Waals surface area contributed by atoms with Crippen LogP contribution >= 0.6 is 0 Å². The Morgan fingerprint density at radius 3 is 2.39 bits per heavy atom. The highest BCUT2D eigenvalue weighted by Gasteiger charge is 2.34. The first-order chi connectivity index (χ1) is 21.7. The van der Waals surface area contributed by atoms with Crippen LogP contribution in [0, 0.1) is 0 Å². The fraction of sp³-hybridized carbons (Fsp3) is 0.640. The quantitative estimate of drug-likeness (QED) is 0.105. The van der Waals surface area contributed by atoms with Gasteiger partial charge in [0.2, 0.25) is 23.6 Å². The van der Waals surface area contributed by atoms with Gasteiger partial charge in [0.15, 0.2) is 5.96 Å². The number of nitrogens with zero attached hydrogens (tertiary/aromatic N) is 2. The lowest BCUT2D eigenvalue weighted by Crippen LogP contribution is -2.63. The summed E-state index contributed by atoms with van der Waals surface area (Å²) in [5, 5.41) is 17.2. The number of primary amides is 1. The number of guanidine groups is 1. The van der Waals surface area contributed by atoms with Crippen LogP contribution in [0.1, 0.15) is 32.6 Å². The van der Waals surface area contributed by atoms with Crippen molar-refractivity contribution >= 4 is 53.1 Å². The van der Waals surface area contributed by atoms with Gasteiger partial charge >= 0.3 is 6.03 Å². The monoisotopic (exact) mass is 652 g/mol. The Bertz CT molecular complexity index is 1230. The molecule has 2 rings (SSSR count). The molecule has 2 heterocycles. The Kier molecular flexibility index (Phi) is 14.7. The number of hydrogen-bond acceptors (Lipinski definition) is 13. The molecule has 21 nitrogen and oxygen atoms in total. The van der Waals surface area contributed by atoms with Crippen LogP contribution in [0.4, 0.5) is 4.79 Å². The average Bonchev–Trinajstić information content (AvgIpc) is 3.00. The van der Waals surface area contributed by atoms with Gasteiger partial charge in [-0.05, 0) is 32.7 Å². The molecule has 0 spiro atoms. The molecule has 46 heavy (non-hydrogen) atoms. The molecule has 6 atom stereocenters. The lowest BCUT2D eigenvalue weighted by Gasteiger charge is -2.31. The molecule has 0 saturated carbocycles. The lowest BCUT2D eigenvalue weighted by atomic mass is 10.0. The maximum Gasteiger partial charge on any atom is 0.312 e. The van der Waals surface area contributed by atoms with E-state index in [4.69, 9.17) is 28.7 Å². The Balaban J connectivity index is 2.46. The third kappa shape index (κ3) is 12.2. The first-order valence-corrected chi connectivity index (χ1v) is 14.6. The standard InChI is InChI=1S/C25H44N14O7/c1-11-19(41)36-15(9-32-17(40)7-12(27)3-2-5-26)21(43)37-16(10-34-25(30)46)22(44)39-18(14-4-6-31-24(29)38-14)23(45)33-8-13(28)20(42)35-11/h11-15,18H,2-10,26-28H2,1H3,(H,32,40)(H,33,45)(H,35,42)(H,36,41)(H,39,44)(H3,29,31,38)(H3,30,34,46)/t11-,12-,13-,14+,15-,18-/m0/s1. The van der Waals surface area contributed by atoms with Crippen LogP contribution in [0.2, 0.25) is 0 Å². The molecule has 0 radical (unpaired) electrons. The Morgan fingerprint density at radius 1 is 1.02 bits per heavy atom. The van der Waals surface area contributed by atoms with Crippen LogP contribution in [-0.2, 0) is 28.8 Å². The molecular weight excluding hydrogens is 608 g/mol. The molecule has 0 fully saturated rings. The van der Waals surface area contributed by atoms with Crippen LogP contribution in [0.15, 0.2) is 9.98 Å². The van der Waals surface area contributed by atoms with Crippen molar-refractivity contribution in [1.29, 1.82) is 0 Å². The van der Waals surface area contributed by atoms with Crippen molar-refractivity contribution in [3.05, 3.63) is 0 Å². The van der Waals surface area contributed by atoms with E-state index in [-0.39, 0.29) is 31.9 Å². The predicted molar refractivity (Wildman–Crippen MR) is 164 cm³/mol. The fourth-order valence-electron chi connectivity index (χ4n) is 4.31. The van der Waals surface area contributed by atoms with Crippen LogP contribution in [0.25, 0.3) is 0 Å². The summed E-state index contributed by atoms with van der Waals surface area (Å²) in [6.07, 6.45) is 1.22. The van der Waals surface area contributed by atoms with Crippen molar-refractivity contribution < 1.29 is 33.6 Å². The number of carbonyl (C=O) groups excluding carboxylic acids is 7. The summed E-state index contributed by atoms with van der Waals surface area (Å²) in [5.41, 5.74) is 27.7. The molecular formula is C25H44N14O7. The SMILES string of the molecule is C[C@@H]1NC(=O)[C@@H](N)CNC(=O)[C@H]([C@H]2CCN=C(N)N2)NC(=O)C(CNC(N)=O)=NC(=O)[C@H](CNC(=O)C[C@@H](N)CCCN)NC1=O. The number of urea groups is 1. The van der Waals surface area contributed by atoms with E-state index in [9.17, 15) is 33.6 Å². The Morgan fingerprint density at radius 2 is 1.74 bits per heavy atom. The molecule has 17 N–H and O–H groups in total. The van der Waals surface area contributed by atoms with Gasteiger partial charge in [-0.15, -0.1) is 0 Å². The lowest BCUT2D eigenvalue weighted by molar-refractivity contribution is -0.131. The molecule has 0 aliphatic carbocycles. The zero-order chi connectivity index (χ0) is 34.4. The van der Waals surface area contributed by atoms with Crippen molar-refractivity contribution in [3.63, 3.8) is 0 Å². The van der Waals surface area contributed by atoms with Gasteiger partial charge < -0.3 is 65.9 Å². The van der Waals surface area contributed by atoms with Crippen molar-refractivity contribution in [1.82, 2.24) is 37.2 Å². The first-order valence-electron chi connectivity index (χ1n) is 14.6. The van der Waals surface area contributed by atoms with E-state index >= 15 is 0 Å². The third-order valence-electron chi connectivity index (χ3n) is 6.89. The maximum atomic E-state index is 13.4. The average molecular weight is 653 g/mol. The summed E-state index contributed by atoms with van der Waals surface area (Å²) in [6.45, 7) is 0.408. The van der Waals surface area contributed by atoms with Crippen LogP contribution < -0.4 is 65.9 Å². The molecule has 256 valence electrons. The molecule has 0 bridgehead atoms. The van der Waals surface area contributed by atoms with Crippen molar-refractivity contribution in [3.8, 4) is 0 Å². The summed E-state index contributed by atoms with van der Waals surface area (Å²) in [6, 6.07) is -7.80. The van der Waals surface area contributed by atoms with Gasteiger partial charge in [-0.1, -0.05) is 0 Å². The largest absolute Gasteiger partial charge is 0.370 e. The highest BCUT2D eigenvalue weighted by Crippen LogP contribution is 2.06. The summed E-state index contributed by atoms with van der Waals surface area (Å²) in [7, 11) is 0. The van der Waals surface area contributed by atoms with Crippen LogP contribution in [-0.4, -0.2) is 122 Å². The van der Waals surface area contributed by atoms with E-state index < -0.39 is 96.5 Å². The predicted octanol–water partition coefficient (Wildman–Crippen LogP) is -7.20. The van der Waals surface area contributed by atoms with Crippen molar-refractivity contribution in [2.75, 3.05) is 32.7 Å². The molecule has 0 saturated heterocycles. The highest BCUT2D eigenvalue weighted by molar-refractivity contribution is 6.42. The van der Waals surface area contributed by atoms with E-state index in [1.54, 1.807) is 0 Å². The van der Waals surface area contributed by atoms with Gasteiger partial charge in [-0.25, -0.2) is 9.79 Å². The minimum atomic E-state index is -1.55. The van der Waals surface area contributed by atoms with Gasteiger partial charge in [-0.3, -0.25) is 33.8 Å².